The van der Waals surface area contributed by atoms with E-state index in [2.05, 4.69) is 25.2 Å². The highest BCUT2D eigenvalue weighted by Gasteiger charge is 2.27. The Bertz CT molecular complexity index is 503. The van der Waals surface area contributed by atoms with Crippen molar-refractivity contribution in [3.8, 4) is 0 Å². The van der Waals surface area contributed by atoms with Crippen molar-refractivity contribution in [1.29, 1.82) is 0 Å². The molecular weight excluding hydrogens is 326 g/mol. The molecule has 140 valence electrons. The molecule has 1 atom stereocenters. The molecule has 0 aromatic carbocycles. The maximum Gasteiger partial charge on any atom is 0.208 e. The zero-order chi connectivity index (χ0) is 17.4. The van der Waals surface area contributed by atoms with Crippen LogP contribution >= 0.6 is 0 Å². The minimum absolute atomic E-state index is 0.360. The number of rotatable bonds is 6. The average molecular weight is 360 g/mol. The van der Waals surface area contributed by atoms with Crippen LogP contribution in [0.5, 0.6) is 0 Å². The van der Waals surface area contributed by atoms with Crippen LogP contribution in [0.4, 0.5) is 0 Å². The lowest BCUT2D eigenvalue weighted by atomic mass is 9.92. The summed E-state index contributed by atoms with van der Waals surface area (Å²) in [5.41, 5.74) is 0. The van der Waals surface area contributed by atoms with Crippen molar-refractivity contribution in [2.75, 3.05) is 39.5 Å². The first-order chi connectivity index (χ1) is 11.5. The molecule has 8 heteroatoms. The highest BCUT2D eigenvalue weighted by molar-refractivity contribution is 7.88. The third kappa shape index (κ3) is 6.94. The SMILES string of the molecule is CN=C(NCCNS(C)(=O)=O)NC1CCCN(C2CCCCC2)C1. The van der Waals surface area contributed by atoms with Crippen LogP contribution in [0.1, 0.15) is 44.9 Å². The minimum Gasteiger partial charge on any atom is -0.355 e. The van der Waals surface area contributed by atoms with Crippen LogP contribution in [0, 0.1) is 0 Å². The van der Waals surface area contributed by atoms with E-state index in [0.717, 1.165) is 25.0 Å². The van der Waals surface area contributed by atoms with Crippen LogP contribution in [0.2, 0.25) is 0 Å². The fourth-order valence-corrected chi connectivity index (χ4v) is 4.18. The van der Waals surface area contributed by atoms with Crippen molar-refractivity contribution in [2.45, 2.75) is 57.0 Å². The van der Waals surface area contributed by atoms with Crippen LogP contribution in [-0.2, 0) is 10.0 Å². The molecule has 0 bridgehead atoms. The Hall–Kier alpha value is -0.860. The van der Waals surface area contributed by atoms with E-state index >= 15 is 0 Å². The second kappa shape index (κ2) is 9.58. The highest BCUT2D eigenvalue weighted by atomic mass is 32.2. The van der Waals surface area contributed by atoms with Crippen LogP contribution in [0.25, 0.3) is 0 Å². The molecular formula is C16H33N5O2S. The van der Waals surface area contributed by atoms with E-state index in [1.54, 1.807) is 7.05 Å². The smallest absolute Gasteiger partial charge is 0.208 e. The van der Waals surface area contributed by atoms with Gasteiger partial charge < -0.3 is 10.6 Å². The van der Waals surface area contributed by atoms with Gasteiger partial charge in [0.1, 0.15) is 0 Å². The molecule has 1 unspecified atom stereocenters. The standard InChI is InChI=1S/C16H33N5O2S/c1-17-16(18-10-11-19-24(2,22)23)20-14-7-6-12-21(13-14)15-8-4-3-5-9-15/h14-15,19H,3-13H2,1-2H3,(H2,17,18,20). The zero-order valence-electron chi connectivity index (χ0n) is 15.1. The minimum atomic E-state index is -3.13. The number of aliphatic imine (C=N–C) groups is 1. The number of hydrogen-bond acceptors (Lipinski definition) is 4. The molecule has 2 rings (SSSR count). The molecule has 2 fully saturated rings. The molecule has 1 heterocycles. The number of piperidine rings is 1. The normalized spacial score (nSPS) is 24.8. The van der Waals surface area contributed by atoms with Gasteiger partial charge in [0.2, 0.25) is 10.0 Å². The first-order valence-corrected chi connectivity index (χ1v) is 11.0. The molecule has 1 saturated heterocycles. The van der Waals surface area contributed by atoms with Crippen LogP contribution in [0.3, 0.4) is 0 Å². The van der Waals surface area contributed by atoms with Gasteiger partial charge in [-0.25, -0.2) is 13.1 Å². The summed E-state index contributed by atoms with van der Waals surface area (Å²) in [5.74, 6) is 0.751. The van der Waals surface area contributed by atoms with E-state index in [9.17, 15) is 8.42 Å². The summed E-state index contributed by atoms with van der Waals surface area (Å²) in [6.45, 7) is 3.17. The Morgan fingerprint density at radius 1 is 1.12 bits per heavy atom. The Balaban J connectivity index is 1.73. The average Bonchev–Trinajstić information content (AvgIpc) is 2.58. The fourth-order valence-electron chi connectivity index (χ4n) is 3.71. The molecule has 1 saturated carbocycles. The molecule has 0 amide bonds. The fraction of sp³-hybridized carbons (Fsp3) is 0.938. The number of nitrogens with one attached hydrogen (secondary N) is 3. The van der Waals surface area contributed by atoms with E-state index in [1.165, 1.54) is 51.3 Å². The molecule has 24 heavy (non-hydrogen) atoms. The first-order valence-electron chi connectivity index (χ1n) is 9.14. The van der Waals surface area contributed by atoms with Crippen molar-refractivity contribution < 1.29 is 8.42 Å². The van der Waals surface area contributed by atoms with E-state index < -0.39 is 10.0 Å². The third-order valence-corrected chi connectivity index (χ3v) is 5.62. The quantitative estimate of drug-likeness (QED) is 0.365. The van der Waals surface area contributed by atoms with Crippen molar-refractivity contribution in [3.63, 3.8) is 0 Å². The van der Waals surface area contributed by atoms with Crippen molar-refractivity contribution >= 4 is 16.0 Å². The predicted octanol–water partition coefficient (Wildman–Crippen LogP) is 0.498. The van der Waals surface area contributed by atoms with Gasteiger partial charge in [0.05, 0.1) is 6.26 Å². The van der Waals surface area contributed by atoms with Gasteiger partial charge in [0.15, 0.2) is 5.96 Å². The van der Waals surface area contributed by atoms with Crippen LogP contribution in [-0.4, -0.2) is 70.8 Å². The lowest BCUT2D eigenvalue weighted by Gasteiger charge is -2.40. The van der Waals surface area contributed by atoms with Crippen LogP contribution < -0.4 is 15.4 Å². The van der Waals surface area contributed by atoms with Gasteiger partial charge in [-0.3, -0.25) is 9.89 Å². The van der Waals surface area contributed by atoms with E-state index in [0.29, 0.717) is 19.1 Å². The van der Waals surface area contributed by atoms with Crippen molar-refractivity contribution in [1.82, 2.24) is 20.3 Å². The number of likely N-dealkylation sites (tertiary alicyclic amines) is 1. The van der Waals surface area contributed by atoms with Gasteiger partial charge in [-0.05, 0) is 32.2 Å². The number of guanidine groups is 1. The number of sulfonamides is 1. The topological polar surface area (TPSA) is 85.8 Å². The summed E-state index contributed by atoms with van der Waals surface area (Å²) in [6, 6.07) is 1.17. The summed E-state index contributed by atoms with van der Waals surface area (Å²) in [7, 11) is -1.38. The van der Waals surface area contributed by atoms with Gasteiger partial charge in [-0.1, -0.05) is 19.3 Å². The van der Waals surface area contributed by atoms with E-state index in [1.807, 2.05) is 0 Å². The molecule has 1 aliphatic heterocycles. The summed E-state index contributed by atoms with van der Waals surface area (Å²) in [4.78, 5) is 6.90. The lowest BCUT2D eigenvalue weighted by Crippen LogP contribution is -2.54. The Morgan fingerprint density at radius 2 is 1.88 bits per heavy atom. The molecule has 2 aliphatic rings. The van der Waals surface area contributed by atoms with Gasteiger partial charge in [-0.2, -0.15) is 0 Å². The molecule has 1 aliphatic carbocycles. The summed E-state index contributed by atoms with van der Waals surface area (Å²) in [5, 5.41) is 6.67. The first kappa shape index (κ1) is 19.5. The zero-order valence-corrected chi connectivity index (χ0v) is 15.9. The second-order valence-electron chi connectivity index (χ2n) is 6.94. The van der Waals surface area contributed by atoms with E-state index in [4.69, 9.17) is 0 Å². The van der Waals surface area contributed by atoms with Crippen molar-refractivity contribution in [2.24, 2.45) is 4.99 Å². The third-order valence-electron chi connectivity index (χ3n) is 4.89. The van der Waals surface area contributed by atoms with Crippen LogP contribution in [0.15, 0.2) is 4.99 Å². The molecule has 0 aromatic rings. The molecule has 0 spiro atoms. The lowest BCUT2D eigenvalue weighted by molar-refractivity contribution is 0.115. The molecule has 3 N–H and O–H groups in total. The molecule has 0 radical (unpaired) electrons. The summed E-state index contributed by atoms with van der Waals surface area (Å²) in [6.07, 6.45) is 10.4. The monoisotopic (exact) mass is 359 g/mol. The molecule has 7 nitrogen and oxygen atoms in total. The predicted molar refractivity (Wildman–Crippen MR) is 98.8 cm³/mol. The largest absolute Gasteiger partial charge is 0.355 e. The number of nitrogens with zero attached hydrogens (tertiary/aromatic N) is 2. The maximum absolute atomic E-state index is 11.1. The Morgan fingerprint density at radius 3 is 2.54 bits per heavy atom. The van der Waals surface area contributed by atoms with Gasteiger partial charge in [0.25, 0.3) is 0 Å². The van der Waals surface area contributed by atoms with Gasteiger partial charge >= 0.3 is 0 Å². The Kier molecular flexibility index (Phi) is 7.77. The van der Waals surface area contributed by atoms with Gasteiger partial charge in [0, 0.05) is 38.8 Å². The van der Waals surface area contributed by atoms with Crippen molar-refractivity contribution in [3.05, 3.63) is 0 Å². The Labute approximate surface area is 146 Å². The summed E-state index contributed by atoms with van der Waals surface area (Å²) >= 11 is 0. The van der Waals surface area contributed by atoms with Gasteiger partial charge in [-0.15, -0.1) is 0 Å². The summed E-state index contributed by atoms with van der Waals surface area (Å²) < 4.78 is 24.6. The maximum atomic E-state index is 11.1. The second-order valence-corrected chi connectivity index (χ2v) is 8.77. The highest BCUT2D eigenvalue weighted by Crippen LogP contribution is 2.25. The molecule has 0 aromatic heterocycles. The van der Waals surface area contributed by atoms with E-state index in [-0.39, 0.29) is 0 Å². The number of hydrogen-bond donors (Lipinski definition) is 3.